The number of rotatable bonds is 3. The Bertz CT molecular complexity index is 1170. The quantitative estimate of drug-likeness (QED) is 0.353. The van der Waals surface area contributed by atoms with Crippen molar-refractivity contribution in [2.75, 3.05) is 11.2 Å². The van der Waals surface area contributed by atoms with Gasteiger partial charge in [0.05, 0.1) is 10.6 Å². The fraction of sp³-hybridized carbons (Fsp3) is 0.158. The van der Waals surface area contributed by atoms with E-state index >= 15 is 0 Å². The van der Waals surface area contributed by atoms with Gasteiger partial charge in [-0.15, -0.1) is 10.2 Å². The number of fused-ring (bicyclic) bond motifs is 3. The summed E-state index contributed by atoms with van der Waals surface area (Å²) in [4.78, 5) is 28.9. The van der Waals surface area contributed by atoms with E-state index in [-0.39, 0.29) is 17.1 Å². The molecule has 0 aliphatic carbocycles. The highest BCUT2D eigenvalue weighted by molar-refractivity contribution is 7.98. The van der Waals surface area contributed by atoms with Gasteiger partial charge >= 0.3 is 0 Å². The molecule has 3 aromatic rings. The van der Waals surface area contributed by atoms with E-state index in [4.69, 9.17) is 4.74 Å². The number of nitro groups is 1. The zero-order valence-electron chi connectivity index (χ0n) is 15.8. The molecular formula is C19H14N5O5S-. The summed E-state index contributed by atoms with van der Waals surface area (Å²) in [6.07, 6.45) is 0.493. The summed E-state index contributed by atoms with van der Waals surface area (Å²) in [5, 5.41) is 32.5. The molecule has 0 N–H and O–H groups in total. The Morgan fingerprint density at radius 3 is 2.70 bits per heavy atom. The summed E-state index contributed by atoms with van der Waals surface area (Å²) in [5.41, 5.74) is 0.907. The van der Waals surface area contributed by atoms with Crippen LogP contribution in [0.2, 0.25) is 0 Å². The number of carbonyl (C=O) groups excluding carboxylic acids is 1. The summed E-state index contributed by atoms with van der Waals surface area (Å²) in [5.74, 6) is -0.865. The molecule has 0 bridgehead atoms. The maximum atomic E-state index is 12.7. The van der Waals surface area contributed by atoms with E-state index in [1.807, 2.05) is 0 Å². The molecule has 1 aliphatic heterocycles. The van der Waals surface area contributed by atoms with Gasteiger partial charge in [0.2, 0.25) is 23.2 Å². The van der Waals surface area contributed by atoms with Crippen molar-refractivity contribution in [3.05, 3.63) is 58.1 Å². The lowest BCUT2D eigenvalue weighted by atomic mass is 10.1. The van der Waals surface area contributed by atoms with Crippen LogP contribution in [0.4, 0.5) is 11.4 Å². The van der Waals surface area contributed by atoms with Crippen molar-refractivity contribution in [1.29, 1.82) is 0 Å². The Morgan fingerprint density at radius 2 is 2.00 bits per heavy atom. The van der Waals surface area contributed by atoms with E-state index < -0.39 is 22.8 Å². The van der Waals surface area contributed by atoms with E-state index in [9.17, 15) is 20.0 Å². The summed E-state index contributed by atoms with van der Waals surface area (Å²) >= 11 is 1.25. The summed E-state index contributed by atoms with van der Waals surface area (Å²) in [7, 11) is 0. The summed E-state index contributed by atoms with van der Waals surface area (Å²) < 4.78 is 6.01. The third-order valence-corrected chi connectivity index (χ3v) is 5.04. The monoisotopic (exact) mass is 424 g/mol. The molecule has 4 rings (SSSR count). The number of amides is 1. The number of nitro benzene ring substituents is 1. The molecule has 11 heteroatoms. The number of para-hydroxylation sites is 1. The molecule has 10 nitrogen and oxygen atoms in total. The highest BCUT2D eigenvalue weighted by atomic mass is 32.2. The number of hydrogen-bond donors (Lipinski definition) is 0. The van der Waals surface area contributed by atoms with Gasteiger partial charge in [-0.2, -0.15) is 4.98 Å². The first-order valence-electron chi connectivity index (χ1n) is 8.70. The number of anilines is 1. The first-order valence-corrected chi connectivity index (χ1v) is 9.93. The molecular weight excluding hydrogens is 410 g/mol. The number of hydrogen-bond acceptors (Lipinski definition) is 9. The van der Waals surface area contributed by atoms with E-state index in [2.05, 4.69) is 15.2 Å². The predicted molar refractivity (Wildman–Crippen MR) is 106 cm³/mol. The molecule has 30 heavy (non-hydrogen) atoms. The van der Waals surface area contributed by atoms with Crippen LogP contribution in [0.1, 0.15) is 18.7 Å². The molecule has 2 aromatic carbocycles. The predicted octanol–water partition coefficient (Wildman–Crippen LogP) is 2.69. The van der Waals surface area contributed by atoms with Gasteiger partial charge in [0.15, 0.2) is 5.69 Å². The lowest BCUT2D eigenvalue weighted by Crippen LogP contribution is -2.36. The molecule has 1 aliphatic rings. The number of carbonyl (C=O) groups is 1. The van der Waals surface area contributed by atoms with Gasteiger partial charge in [-0.1, -0.05) is 41.8 Å². The third kappa shape index (κ3) is 3.28. The first kappa shape index (κ1) is 19.6. The van der Waals surface area contributed by atoms with Gasteiger partial charge in [-0.3, -0.25) is 19.8 Å². The van der Waals surface area contributed by atoms with Crippen molar-refractivity contribution in [2.45, 2.75) is 18.3 Å². The molecule has 1 aromatic heterocycles. The van der Waals surface area contributed by atoms with Gasteiger partial charge in [-0.25, -0.2) is 0 Å². The second-order valence-corrected chi connectivity index (χ2v) is 7.08. The minimum atomic E-state index is -1.27. The molecule has 1 amide bonds. The van der Waals surface area contributed by atoms with Crippen LogP contribution in [0, 0.1) is 10.1 Å². The van der Waals surface area contributed by atoms with Crippen molar-refractivity contribution >= 4 is 29.0 Å². The fourth-order valence-corrected chi connectivity index (χ4v) is 3.48. The minimum Gasteiger partial charge on any atom is -0.872 e. The average molecular weight is 424 g/mol. The molecule has 0 unspecified atom stereocenters. The van der Waals surface area contributed by atoms with Crippen LogP contribution >= 0.6 is 11.8 Å². The van der Waals surface area contributed by atoms with Gasteiger partial charge in [0.1, 0.15) is 0 Å². The Hall–Kier alpha value is -3.73. The van der Waals surface area contributed by atoms with Crippen molar-refractivity contribution in [1.82, 2.24) is 15.2 Å². The van der Waals surface area contributed by atoms with Crippen molar-refractivity contribution < 1.29 is 19.6 Å². The van der Waals surface area contributed by atoms with Gasteiger partial charge in [-0.05, 0) is 12.3 Å². The molecule has 0 spiro atoms. The van der Waals surface area contributed by atoms with E-state index in [1.54, 1.807) is 30.5 Å². The standard InChI is InChI=1S/C19H15N5O5S/c1-10(25)23-14-6-4-3-5-12(14)16-17(20-19(30-2)22-21-16)29-18(23)13-9-11(24(27)28)7-8-15(13)26/h3-9,18,26H,1-2H3/p-1/t18-/m1/s1. The first-order chi connectivity index (χ1) is 14.4. The van der Waals surface area contributed by atoms with Crippen molar-refractivity contribution in [2.24, 2.45) is 0 Å². The minimum absolute atomic E-state index is 0.0635. The van der Waals surface area contributed by atoms with Crippen LogP contribution < -0.4 is 14.7 Å². The van der Waals surface area contributed by atoms with Gasteiger partial charge in [0, 0.05) is 30.2 Å². The lowest BCUT2D eigenvalue weighted by Gasteiger charge is -2.32. The Labute approximate surface area is 174 Å². The van der Waals surface area contributed by atoms with Crippen molar-refractivity contribution in [3.8, 4) is 22.9 Å². The number of non-ortho nitro benzene ring substituents is 1. The highest BCUT2D eigenvalue weighted by Gasteiger charge is 2.35. The topological polar surface area (TPSA) is 134 Å². The average Bonchev–Trinajstić information content (AvgIpc) is 2.87. The van der Waals surface area contributed by atoms with Crippen LogP contribution in [0.25, 0.3) is 11.3 Å². The number of benzene rings is 2. The second-order valence-electron chi connectivity index (χ2n) is 6.31. The lowest BCUT2D eigenvalue weighted by molar-refractivity contribution is -0.385. The van der Waals surface area contributed by atoms with Crippen LogP contribution in [-0.2, 0) is 4.79 Å². The van der Waals surface area contributed by atoms with Crippen molar-refractivity contribution in [3.63, 3.8) is 0 Å². The Kier molecular flexibility index (Phi) is 4.96. The third-order valence-electron chi connectivity index (χ3n) is 4.50. The highest BCUT2D eigenvalue weighted by Crippen LogP contribution is 2.44. The normalized spacial score (nSPS) is 14.9. The van der Waals surface area contributed by atoms with E-state index in [0.29, 0.717) is 22.1 Å². The summed E-state index contributed by atoms with van der Waals surface area (Å²) in [6, 6.07) is 10.2. The number of ether oxygens (including phenoxy) is 1. The maximum absolute atomic E-state index is 12.7. The molecule has 0 radical (unpaired) electrons. The van der Waals surface area contributed by atoms with E-state index in [0.717, 1.165) is 18.2 Å². The van der Waals surface area contributed by atoms with Gasteiger partial charge < -0.3 is 9.84 Å². The Morgan fingerprint density at radius 1 is 1.23 bits per heavy atom. The summed E-state index contributed by atoms with van der Waals surface area (Å²) in [6.45, 7) is 1.32. The second kappa shape index (κ2) is 7.59. The van der Waals surface area contributed by atoms with Gasteiger partial charge in [0.25, 0.3) is 5.69 Å². The molecule has 0 fully saturated rings. The zero-order valence-corrected chi connectivity index (χ0v) is 16.6. The fourth-order valence-electron chi connectivity index (χ4n) is 3.18. The molecule has 0 saturated carbocycles. The number of aromatic nitrogens is 3. The van der Waals surface area contributed by atoms with Crippen LogP contribution in [0.15, 0.2) is 47.6 Å². The molecule has 1 atom stereocenters. The van der Waals surface area contributed by atoms with Crippen LogP contribution in [0.5, 0.6) is 11.6 Å². The number of nitrogens with zero attached hydrogens (tertiary/aromatic N) is 5. The largest absolute Gasteiger partial charge is 0.872 e. The smallest absolute Gasteiger partial charge is 0.269 e. The molecule has 152 valence electrons. The van der Waals surface area contributed by atoms with Crippen LogP contribution in [-0.4, -0.2) is 32.3 Å². The SMILES string of the molecule is CSc1nnc2c(n1)O[C@H](c1cc([N+](=O)[O-])ccc1[O-])N(C(C)=O)c1ccccc1-2. The zero-order chi connectivity index (χ0) is 21.4. The maximum Gasteiger partial charge on any atom is 0.269 e. The molecule has 0 saturated heterocycles. The van der Waals surface area contributed by atoms with Crippen LogP contribution in [0.3, 0.4) is 0 Å². The Balaban J connectivity index is 2.00. The number of thioether (sulfide) groups is 1. The molecule has 2 heterocycles. The van der Waals surface area contributed by atoms with E-state index in [1.165, 1.54) is 23.6 Å².